The minimum atomic E-state index is -0.417. The number of nitrogens with zero attached hydrogens (tertiary/aromatic N) is 3. The molecule has 2 aromatic rings. The number of anilines is 1. The van der Waals surface area contributed by atoms with E-state index in [1.54, 1.807) is 12.1 Å². The number of carbonyl (C=O) groups is 1. The molecule has 8 heteroatoms. The minimum absolute atomic E-state index is 0.0280. The summed E-state index contributed by atoms with van der Waals surface area (Å²) < 4.78 is 0. The molecule has 1 unspecified atom stereocenters. The Morgan fingerprint density at radius 2 is 1.74 bits per heavy atom. The van der Waals surface area contributed by atoms with Crippen LogP contribution in [0.2, 0.25) is 0 Å². The Balaban J connectivity index is 1.46. The van der Waals surface area contributed by atoms with E-state index in [1.165, 1.54) is 12.1 Å². The van der Waals surface area contributed by atoms with Crippen LogP contribution in [0.25, 0.3) is 0 Å². The molecule has 166 valence electrons. The van der Waals surface area contributed by atoms with Crippen LogP contribution in [0, 0.1) is 10.1 Å². The first-order valence-corrected chi connectivity index (χ1v) is 10.7. The average molecular weight is 426 g/mol. The van der Waals surface area contributed by atoms with Crippen LogP contribution < -0.4 is 10.6 Å². The zero-order valence-electron chi connectivity index (χ0n) is 18.0. The molecule has 1 fully saturated rings. The van der Waals surface area contributed by atoms with E-state index in [1.807, 2.05) is 18.2 Å². The number of nitro groups is 1. The number of nitro benzene ring substituents is 1. The van der Waals surface area contributed by atoms with Crippen molar-refractivity contribution < 1.29 is 9.72 Å². The summed E-state index contributed by atoms with van der Waals surface area (Å²) in [6.45, 7) is 5.54. The van der Waals surface area contributed by atoms with Crippen LogP contribution in [0.3, 0.4) is 0 Å². The summed E-state index contributed by atoms with van der Waals surface area (Å²) in [4.78, 5) is 27.6. The summed E-state index contributed by atoms with van der Waals surface area (Å²) in [6.07, 6.45) is 1.10. The van der Waals surface area contributed by atoms with Crippen LogP contribution in [0.1, 0.15) is 24.4 Å². The fraction of sp³-hybridized carbons (Fsp3) is 0.435. The topological polar surface area (TPSA) is 90.8 Å². The summed E-state index contributed by atoms with van der Waals surface area (Å²) in [7, 11) is 2.14. The fourth-order valence-corrected chi connectivity index (χ4v) is 3.66. The molecule has 0 aliphatic carbocycles. The number of non-ortho nitro benzene ring substituents is 1. The second-order valence-corrected chi connectivity index (χ2v) is 7.97. The summed E-state index contributed by atoms with van der Waals surface area (Å²) in [6, 6.07) is 16.4. The maximum Gasteiger partial charge on any atom is 0.269 e. The van der Waals surface area contributed by atoms with Crippen molar-refractivity contribution in [3.05, 3.63) is 70.3 Å². The highest BCUT2D eigenvalue weighted by atomic mass is 16.6. The SMILES string of the molecule is CN1CCN(CC(NC(=O)CCCNc2ccc([N+](=O)[O-])cc2)c2ccccc2)CC1. The number of nitrogens with one attached hydrogen (secondary N) is 2. The van der Waals surface area contributed by atoms with Gasteiger partial charge in [-0.2, -0.15) is 0 Å². The molecule has 2 aromatic carbocycles. The van der Waals surface area contributed by atoms with E-state index in [-0.39, 0.29) is 17.6 Å². The number of piperazine rings is 1. The number of carbonyl (C=O) groups excluding carboxylic acids is 1. The third kappa shape index (κ3) is 7.34. The van der Waals surface area contributed by atoms with Crippen LogP contribution in [-0.4, -0.2) is 66.9 Å². The predicted molar refractivity (Wildman–Crippen MR) is 122 cm³/mol. The molecular formula is C23H31N5O3. The third-order valence-electron chi connectivity index (χ3n) is 5.56. The van der Waals surface area contributed by atoms with E-state index in [0.29, 0.717) is 19.4 Å². The molecule has 1 atom stereocenters. The lowest BCUT2D eigenvalue weighted by Gasteiger charge is -2.35. The number of rotatable bonds is 10. The van der Waals surface area contributed by atoms with Crippen molar-refractivity contribution in [2.75, 3.05) is 51.6 Å². The molecule has 1 aliphatic rings. The highest BCUT2D eigenvalue weighted by Crippen LogP contribution is 2.17. The van der Waals surface area contributed by atoms with Crippen LogP contribution >= 0.6 is 0 Å². The van der Waals surface area contributed by atoms with Crippen molar-refractivity contribution in [3.8, 4) is 0 Å². The van der Waals surface area contributed by atoms with Gasteiger partial charge in [-0.05, 0) is 31.2 Å². The van der Waals surface area contributed by atoms with Gasteiger partial charge in [-0.15, -0.1) is 0 Å². The van der Waals surface area contributed by atoms with Gasteiger partial charge in [0, 0.05) is 63.5 Å². The average Bonchev–Trinajstić information content (AvgIpc) is 2.78. The molecule has 0 spiro atoms. The molecule has 0 aromatic heterocycles. The van der Waals surface area contributed by atoms with Crippen LogP contribution in [-0.2, 0) is 4.79 Å². The lowest BCUT2D eigenvalue weighted by molar-refractivity contribution is -0.384. The molecule has 1 saturated heterocycles. The lowest BCUT2D eigenvalue weighted by Crippen LogP contribution is -2.47. The second-order valence-electron chi connectivity index (χ2n) is 7.97. The van der Waals surface area contributed by atoms with Gasteiger partial charge in [-0.1, -0.05) is 30.3 Å². The van der Waals surface area contributed by atoms with Crippen molar-refractivity contribution in [1.82, 2.24) is 15.1 Å². The molecule has 0 radical (unpaired) electrons. The highest BCUT2D eigenvalue weighted by Gasteiger charge is 2.21. The molecule has 31 heavy (non-hydrogen) atoms. The Morgan fingerprint density at radius 3 is 2.39 bits per heavy atom. The predicted octanol–water partition coefficient (Wildman–Crippen LogP) is 2.89. The van der Waals surface area contributed by atoms with Gasteiger partial charge in [0.2, 0.25) is 5.91 Å². The van der Waals surface area contributed by atoms with Gasteiger partial charge in [-0.25, -0.2) is 0 Å². The molecule has 1 aliphatic heterocycles. The van der Waals surface area contributed by atoms with Gasteiger partial charge < -0.3 is 15.5 Å². The van der Waals surface area contributed by atoms with Gasteiger partial charge in [0.1, 0.15) is 0 Å². The highest BCUT2D eigenvalue weighted by molar-refractivity contribution is 5.76. The van der Waals surface area contributed by atoms with E-state index in [4.69, 9.17) is 0 Å². The zero-order chi connectivity index (χ0) is 22.1. The minimum Gasteiger partial charge on any atom is -0.385 e. The number of hydrogen-bond acceptors (Lipinski definition) is 6. The number of benzene rings is 2. The van der Waals surface area contributed by atoms with Crippen molar-refractivity contribution >= 4 is 17.3 Å². The van der Waals surface area contributed by atoms with E-state index in [2.05, 4.69) is 39.6 Å². The second kappa shape index (κ2) is 11.4. The summed E-state index contributed by atoms with van der Waals surface area (Å²) in [5, 5.41) is 17.1. The van der Waals surface area contributed by atoms with E-state index < -0.39 is 4.92 Å². The molecule has 0 bridgehead atoms. The Kier molecular flexibility index (Phi) is 8.37. The normalized spacial score (nSPS) is 15.9. The van der Waals surface area contributed by atoms with E-state index in [9.17, 15) is 14.9 Å². The van der Waals surface area contributed by atoms with Crippen LogP contribution in [0.15, 0.2) is 54.6 Å². The van der Waals surface area contributed by atoms with Gasteiger partial charge in [0.25, 0.3) is 5.69 Å². The molecule has 8 nitrogen and oxygen atoms in total. The Morgan fingerprint density at radius 1 is 1.06 bits per heavy atom. The van der Waals surface area contributed by atoms with Gasteiger partial charge in [0.15, 0.2) is 0 Å². The van der Waals surface area contributed by atoms with Gasteiger partial charge >= 0.3 is 0 Å². The molecule has 0 saturated carbocycles. The first-order chi connectivity index (χ1) is 15.0. The number of hydrogen-bond donors (Lipinski definition) is 2. The van der Waals surface area contributed by atoms with Crippen molar-refractivity contribution in [1.29, 1.82) is 0 Å². The van der Waals surface area contributed by atoms with Gasteiger partial charge in [-0.3, -0.25) is 19.8 Å². The molecular weight excluding hydrogens is 394 g/mol. The van der Waals surface area contributed by atoms with Gasteiger partial charge in [0.05, 0.1) is 11.0 Å². The first-order valence-electron chi connectivity index (χ1n) is 10.7. The van der Waals surface area contributed by atoms with Crippen molar-refractivity contribution in [2.45, 2.75) is 18.9 Å². The van der Waals surface area contributed by atoms with Crippen molar-refractivity contribution in [3.63, 3.8) is 0 Å². The molecule has 3 rings (SSSR count). The number of likely N-dealkylation sites (N-methyl/N-ethyl adjacent to an activating group) is 1. The standard InChI is InChI=1S/C23H31N5O3/c1-26-14-16-27(17-15-26)18-22(19-6-3-2-4-7-19)25-23(29)8-5-13-24-20-9-11-21(12-10-20)28(30)31/h2-4,6-7,9-12,22,24H,5,8,13-18H2,1H3,(H,25,29). The van der Waals surface area contributed by atoms with Crippen molar-refractivity contribution in [2.24, 2.45) is 0 Å². The number of amides is 1. The van der Waals surface area contributed by atoms with Crippen LogP contribution in [0.4, 0.5) is 11.4 Å². The van der Waals surface area contributed by atoms with E-state index >= 15 is 0 Å². The lowest BCUT2D eigenvalue weighted by atomic mass is 10.1. The zero-order valence-corrected chi connectivity index (χ0v) is 18.0. The molecule has 1 amide bonds. The molecule has 1 heterocycles. The van der Waals surface area contributed by atoms with E-state index in [0.717, 1.165) is 44.0 Å². The third-order valence-corrected chi connectivity index (χ3v) is 5.56. The first kappa shape index (κ1) is 22.7. The summed E-state index contributed by atoms with van der Waals surface area (Å²) >= 11 is 0. The Hall–Kier alpha value is -2.97. The monoisotopic (exact) mass is 425 g/mol. The fourth-order valence-electron chi connectivity index (χ4n) is 3.66. The molecule has 2 N–H and O–H groups in total. The summed E-state index contributed by atoms with van der Waals surface area (Å²) in [5.41, 5.74) is 2.00. The Labute approximate surface area is 183 Å². The smallest absolute Gasteiger partial charge is 0.269 e. The quantitative estimate of drug-likeness (QED) is 0.346. The Bertz CT molecular complexity index is 836. The summed E-state index contributed by atoms with van der Waals surface area (Å²) in [5.74, 6) is 0.0356. The maximum atomic E-state index is 12.6. The maximum absolute atomic E-state index is 12.6. The van der Waals surface area contributed by atoms with Crippen LogP contribution in [0.5, 0.6) is 0 Å². The largest absolute Gasteiger partial charge is 0.385 e.